The highest BCUT2D eigenvalue weighted by atomic mass is 16.5. The van der Waals surface area contributed by atoms with Crippen LogP contribution >= 0.6 is 0 Å². The molecule has 2 aliphatic rings. The number of carbonyl (C=O) groups excluding carboxylic acids is 1. The Morgan fingerprint density at radius 1 is 1.14 bits per heavy atom. The number of rotatable bonds is 2. The SMILES string of the molecule is CC1CC(C)CC(Oc2cc3c(cc2N)NC(=O)CC3)C1. The number of hydrogen-bond donors (Lipinski definition) is 2. The number of carbonyl (C=O) groups is 1. The van der Waals surface area contributed by atoms with E-state index in [0.29, 0.717) is 23.9 Å². The van der Waals surface area contributed by atoms with Gasteiger partial charge in [-0.25, -0.2) is 0 Å². The minimum Gasteiger partial charge on any atom is -0.488 e. The Morgan fingerprint density at radius 2 is 1.86 bits per heavy atom. The van der Waals surface area contributed by atoms with Gasteiger partial charge in [0, 0.05) is 12.1 Å². The fourth-order valence-corrected chi connectivity index (χ4v) is 3.67. The predicted molar refractivity (Wildman–Crippen MR) is 84.4 cm³/mol. The van der Waals surface area contributed by atoms with Crippen molar-refractivity contribution in [2.75, 3.05) is 11.1 Å². The normalized spacial score (nSPS) is 28.7. The molecule has 2 unspecified atom stereocenters. The molecular weight excluding hydrogens is 264 g/mol. The van der Waals surface area contributed by atoms with E-state index in [-0.39, 0.29) is 12.0 Å². The third-order valence-electron chi connectivity index (χ3n) is 4.56. The number of nitrogens with one attached hydrogen (secondary N) is 1. The molecule has 1 aromatic rings. The van der Waals surface area contributed by atoms with E-state index in [1.165, 1.54) is 6.42 Å². The zero-order chi connectivity index (χ0) is 15.0. The summed E-state index contributed by atoms with van der Waals surface area (Å²) in [5, 5.41) is 2.87. The number of nitrogens with two attached hydrogens (primary N) is 1. The van der Waals surface area contributed by atoms with Crippen molar-refractivity contribution in [3.8, 4) is 5.75 Å². The number of anilines is 2. The summed E-state index contributed by atoms with van der Waals surface area (Å²) < 4.78 is 6.18. The number of ether oxygens (including phenoxy) is 1. The predicted octanol–water partition coefficient (Wildman–Crippen LogP) is 3.36. The van der Waals surface area contributed by atoms with Gasteiger partial charge in [-0.15, -0.1) is 0 Å². The van der Waals surface area contributed by atoms with Crippen LogP contribution in [0.1, 0.15) is 45.1 Å². The maximum Gasteiger partial charge on any atom is 0.224 e. The number of amides is 1. The number of hydrogen-bond acceptors (Lipinski definition) is 3. The molecule has 1 fully saturated rings. The van der Waals surface area contributed by atoms with Gasteiger partial charge >= 0.3 is 0 Å². The van der Waals surface area contributed by atoms with Crippen LogP contribution in [-0.2, 0) is 11.2 Å². The Morgan fingerprint density at radius 3 is 2.57 bits per heavy atom. The first-order valence-corrected chi connectivity index (χ1v) is 7.90. The Bertz CT molecular complexity index is 546. The van der Waals surface area contributed by atoms with Crippen LogP contribution in [0.15, 0.2) is 12.1 Å². The first-order chi connectivity index (χ1) is 10.0. The average Bonchev–Trinajstić information content (AvgIpc) is 2.38. The van der Waals surface area contributed by atoms with Crippen LogP contribution in [-0.4, -0.2) is 12.0 Å². The standard InChI is InChI=1S/C17H24N2O2/c1-10-5-11(2)7-13(6-10)21-16-8-12-3-4-17(20)19-15(12)9-14(16)18/h8-11,13H,3-7,18H2,1-2H3,(H,19,20). The van der Waals surface area contributed by atoms with E-state index >= 15 is 0 Å². The quantitative estimate of drug-likeness (QED) is 0.820. The molecule has 2 atom stereocenters. The van der Waals surface area contributed by atoms with E-state index < -0.39 is 0 Å². The van der Waals surface area contributed by atoms with Crippen LogP contribution in [0.5, 0.6) is 5.75 Å². The van der Waals surface area contributed by atoms with Crippen LogP contribution in [0.3, 0.4) is 0 Å². The third kappa shape index (κ3) is 3.14. The van der Waals surface area contributed by atoms with Gasteiger partial charge in [-0.2, -0.15) is 0 Å². The Hall–Kier alpha value is -1.71. The van der Waals surface area contributed by atoms with E-state index in [4.69, 9.17) is 10.5 Å². The highest BCUT2D eigenvalue weighted by molar-refractivity contribution is 5.94. The Balaban J connectivity index is 1.78. The average molecular weight is 288 g/mol. The fourth-order valence-electron chi connectivity index (χ4n) is 3.67. The lowest BCUT2D eigenvalue weighted by Gasteiger charge is -2.32. The van der Waals surface area contributed by atoms with Crippen LogP contribution in [0.2, 0.25) is 0 Å². The molecule has 114 valence electrons. The molecule has 3 rings (SSSR count). The molecule has 1 aliphatic carbocycles. The van der Waals surface area contributed by atoms with Crippen molar-refractivity contribution in [1.82, 2.24) is 0 Å². The summed E-state index contributed by atoms with van der Waals surface area (Å²) in [7, 11) is 0. The molecule has 0 aromatic heterocycles. The van der Waals surface area contributed by atoms with Gasteiger partial charge in [0.05, 0.1) is 11.8 Å². The minimum atomic E-state index is 0.0606. The van der Waals surface area contributed by atoms with Gasteiger partial charge < -0.3 is 15.8 Å². The lowest BCUT2D eigenvalue weighted by Crippen LogP contribution is -2.29. The second kappa shape index (κ2) is 5.58. The second-order valence-electron chi connectivity index (χ2n) is 6.75. The fraction of sp³-hybridized carbons (Fsp3) is 0.588. The zero-order valence-electron chi connectivity index (χ0n) is 12.8. The summed E-state index contributed by atoms with van der Waals surface area (Å²) in [5.74, 6) is 2.25. The van der Waals surface area contributed by atoms with Crippen molar-refractivity contribution in [3.05, 3.63) is 17.7 Å². The number of benzene rings is 1. The van der Waals surface area contributed by atoms with Crippen molar-refractivity contribution in [1.29, 1.82) is 0 Å². The lowest BCUT2D eigenvalue weighted by molar-refractivity contribution is -0.116. The van der Waals surface area contributed by atoms with E-state index in [0.717, 1.165) is 36.3 Å². The molecule has 4 heteroatoms. The molecule has 1 heterocycles. The largest absolute Gasteiger partial charge is 0.488 e. The van der Waals surface area contributed by atoms with Crippen molar-refractivity contribution in [2.45, 2.75) is 52.1 Å². The molecule has 1 aliphatic heterocycles. The van der Waals surface area contributed by atoms with Crippen molar-refractivity contribution >= 4 is 17.3 Å². The molecule has 4 nitrogen and oxygen atoms in total. The summed E-state index contributed by atoms with van der Waals surface area (Å²) in [5.41, 5.74) is 8.67. The van der Waals surface area contributed by atoms with Gasteiger partial charge in [0.15, 0.2) is 0 Å². The summed E-state index contributed by atoms with van der Waals surface area (Å²) in [6.07, 6.45) is 5.02. The highest BCUT2D eigenvalue weighted by Crippen LogP contribution is 2.36. The minimum absolute atomic E-state index is 0.0606. The second-order valence-corrected chi connectivity index (χ2v) is 6.75. The molecule has 0 spiro atoms. The van der Waals surface area contributed by atoms with Crippen molar-refractivity contribution < 1.29 is 9.53 Å². The molecule has 0 radical (unpaired) electrons. The Kier molecular flexibility index (Phi) is 3.79. The highest BCUT2D eigenvalue weighted by Gasteiger charge is 2.26. The van der Waals surface area contributed by atoms with Gasteiger partial charge in [-0.05, 0) is 55.2 Å². The van der Waals surface area contributed by atoms with E-state index in [2.05, 4.69) is 19.2 Å². The summed E-state index contributed by atoms with van der Waals surface area (Å²) in [6.45, 7) is 4.58. The topological polar surface area (TPSA) is 64.3 Å². The lowest BCUT2D eigenvalue weighted by atomic mass is 9.82. The number of aryl methyl sites for hydroxylation is 1. The first-order valence-electron chi connectivity index (χ1n) is 7.90. The molecular formula is C17H24N2O2. The molecule has 0 bridgehead atoms. The van der Waals surface area contributed by atoms with E-state index in [9.17, 15) is 4.79 Å². The van der Waals surface area contributed by atoms with Crippen LogP contribution < -0.4 is 15.8 Å². The van der Waals surface area contributed by atoms with Gasteiger partial charge in [0.1, 0.15) is 5.75 Å². The molecule has 21 heavy (non-hydrogen) atoms. The van der Waals surface area contributed by atoms with Crippen molar-refractivity contribution in [3.63, 3.8) is 0 Å². The zero-order valence-corrected chi connectivity index (χ0v) is 12.8. The van der Waals surface area contributed by atoms with Crippen molar-refractivity contribution in [2.24, 2.45) is 11.8 Å². The maximum atomic E-state index is 11.4. The van der Waals surface area contributed by atoms with Crippen LogP contribution in [0, 0.1) is 11.8 Å². The summed E-state index contributed by atoms with van der Waals surface area (Å²) in [6, 6.07) is 3.84. The van der Waals surface area contributed by atoms with Crippen LogP contribution in [0.4, 0.5) is 11.4 Å². The van der Waals surface area contributed by atoms with Gasteiger partial charge in [0.2, 0.25) is 5.91 Å². The monoisotopic (exact) mass is 288 g/mol. The third-order valence-corrected chi connectivity index (χ3v) is 4.56. The van der Waals surface area contributed by atoms with Gasteiger partial charge in [-0.1, -0.05) is 13.8 Å². The molecule has 0 saturated heterocycles. The Labute approximate surface area is 126 Å². The van der Waals surface area contributed by atoms with Gasteiger partial charge in [0.25, 0.3) is 0 Å². The number of nitrogen functional groups attached to an aromatic ring is 1. The molecule has 1 amide bonds. The van der Waals surface area contributed by atoms with Crippen LogP contribution in [0.25, 0.3) is 0 Å². The number of fused-ring (bicyclic) bond motifs is 1. The smallest absolute Gasteiger partial charge is 0.224 e. The molecule has 1 aromatic carbocycles. The summed E-state index contributed by atoms with van der Waals surface area (Å²) in [4.78, 5) is 11.4. The molecule has 1 saturated carbocycles. The van der Waals surface area contributed by atoms with E-state index in [1.807, 2.05) is 12.1 Å². The molecule has 3 N–H and O–H groups in total. The maximum absolute atomic E-state index is 11.4. The first kappa shape index (κ1) is 14.2. The van der Waals surface area contributed by atoms with E-state index in [1.54, 1.807) is 0 Å². The van der Waals surface area contributed by atoms with Gasteiger partial charge in [-0.3, -0.25) is 4.79 Å². The summed E-state index contributed by atoms with van der Waals surface area (Å²) >= 11 is 0.